The highest BCUT2D eigenvalue weighted by Gasteiger charge is 2.32. The quantitative estimate of drug-likeness (QED) is 0.598. The minimum Gasteiger partial charge on any atom is -0.381 e. The number of rotatable bonds is 5. The highest BCUT2D eigenvalue weighted by Crippen LogP contribution is 2.22. The summed E-state index contributed by atoms with van der Waals surface area (Å²) in [6.45, 7) is 9.70. The van der Waals surface area contributed by atoms with E-state index in [4.69, 9.17) is 14.5 Å². The molecule has 0 aromatic rings. The van der Waals surface area contributed by atoms with Crippen LogP contribution >= 0.6 is 0 Å². The van der Waals surface area contributed by atoms with Gasteiger partial charge in [-0.25, -0.2) is 0 Å². The number of morpholine rings is 1. The van der Waals surface area contributed by atoms with Crippen molar-refractivity contribution >= 4 is 5.96 Å². The first-order valence-electron chi connectivity index (χ1n) is 9.19. The van der Waals surface area contributed by atoms with Crippen LogP contribution in [0.25, 0.3) is 0 Å². The second-order valence-electron chi connectivity index (χ2n) is 7.05. The molecule has 3 saturated heterocycles. The molecule has 0 bridgehead atoms. The van der Waals surface area contributed by atoms with Crippen LogP contribution in [0.5, 0.6) is 0 Å². The molecule has 3 aliphatic heterocycles. The summed E-state index contributed by atoms with van der Waals surface area (Å²) in [7, 11) is 2.12. The first kappa shape index (κ1) is 17.0. The molecule has 0 aromatic carbocycles. The van der Waals surface area contributed by atoms with Gasteiger partial charge in [-0.2, -0.15) is 0 Å². The molecule has 0 radical (unpaired) electrons. The first-order valence-corrected chi connectivity index (χ1v) is 9.19. The Labute approximate surface area is 140 Å². The van der Waals surface area contributed by atoms with Gasteiger partial charge < -0.3 is 19.7 Å². The molecule has 0 aliphatic carbocycles. The second kappa shape index (κ2) is 8.31. The summed E-state index contributed by atoms with van der Waals surface area (Å²) in [5, 5.41) is 3.41. The van der Waals surface area contributed by atoms with E-state index in [0.29, 0.717) is 12.0 Å². The lowest BCUT2D eigenvalue weighted by Gasteiger charge is -2.34. The Bertz CT molecular complexity index is 398. The van der Waals surface area contributed by atoms with Gasteiger partial charge in [0.25, 0.3) is 0 Å². The van der Waals surface area contributed by atoms with Crippen molar-refractivity contribution < 1.29 is 9.47 Å². The Balaban J connectivity index is 1.51. The van der Waals surface area contributed by atoms with Gasteiger partial charge in [0, 0.05) is 45.2 Å². The molecule has 0 amide bonds. The standard InChI is InChI=1S/C17H32N4O2/c1-3-18-17(20(2)10-14-6-8-22-12-14)19-9-16-11-21-7-4-5-15(21)13-23-16/h14-16H,3-13H2,1-2H3,(H,18,19). The summed E-state index contributed by atoms with van der Waals surface area (Å²) in [6.07, 6.45) is 4.01. The van der Waals surface area contributed by atoms with Gasteiger partial charge in [0.1, 0.15) is 0 Å². The summed E-state index contributed by atoms with van der Waals surface area (Å²) < 4.78 is 11.5. The van der Waals surface area contributed by atoms with Crippen molar-refractivity contribution in [3.63, 3.8) is 0 Å². The van der Waals surface area contributed by atoms with Gasteiger partial charge in [-0.05, 0) is 32.7 Å². The SMILES string of the molecule is CCNC(=NCC1CN2CCCC2CO1)N(C)CC1CCOC1. The van der Waals surface area contributed by atoms with E-state index >= 15 is 0 Å². The van der Waals surface area contributed by atoms with E-state index in [9.17, 15) is 0 Å². The molecular weight excluding hydrogens is 292 g/mol. The van der Waals surface area contributed by atoms with Crippen LogP contribution in [0.1, 0.15) is 26.2 Å². The zero-order valence-corrected chi connectivity index (χ0v) is 14.7. The van der Waals surface area contributed by atoms with E-state index in [-0.39, 0.29) is 6.10 Å². The minimum absolute atomic E-state index is 0.237. The maximum atomic E-state index is 6.02. The summed E-state index contributed by atoms with van der Waals surface area (Å²) in [5.74, 6) is 1.62. The lowest BCUT2D eigenvalue weighted by molar-refractivity contribution is -0.0432. The number of ether oxygens (including phenoxy) is 2. The normalized spacial score (nSPS) is 32.1. The van der Waals surface area contributed by atoms with Gasteiger partial charge in [0.2, 0.25) is 0 Å². The van der Waals surface area contributed by atoms with Crippen molar-refractivity contribution in [3.05, 3.63) is 0 Å². The molecule has 0 aromatic heterocycles. The fourth-order valence-corrected chi connectivity index (χ4v) is 3.86. The Morgan fingerprint density at radius 3 is 3.04 bits per heavy atom. The third kappa shape index (κ3) is 4.58. The van der Waals surface area contributed by atoms with Gasteiger partial charge in [-0.1, -0.05) is 0 Å². The van der Waals surface area contributed by atoms with Gasteiger partial charge in [0.05, 0.1) is 25.9 Å². The highest BCUT2D eigenvalue weighted by molar-refractivity contribution is 5.79. The Morgan fingerprint density at radius 2 is 2.26 bits per heavy atom. The molecule has 0 saturated carbocycles. The number of fused-ring (bicyclic) bond motifs is 1. The molecule has 3 atom stereocenters. The summed E-state index contributed by atoms with van der Waals surface area (Å²) in [5.41, 5.74) is 0. The Kier molecular flexibility index (Phi) is 6.14. The van der Waals surface area contributed by atoms with Crippen molar-refractivity contribution in [1.82, 2.24) is 15.1 Å². The van der Waals surface area contributed by atoms with Gasteiger partial charge >= 0.3 is 0 Å². The van der Waals surface area contributed by atoms with Crippen molar-refractivity contribution in [3.8, 4) is 0 Å². The molecule has 6 nitrogen and oxygen atoms in total. The molecule has 0 spiro atoms. The molecule has 6 heteroatoms. The largest absolute Gasteiger partial charge is 0.381 e. The van der Waals surface area contributed by atoms with Crippen LogP contribution < -0.4 is 5.32 Å². The van der Waals surface area contributed by atoms with Gasteiger partial charge in [-0.3, -0.25) is 9.89 Å². The van der Waals surface area contributed by atoms with Crippen LogP contribution in [-0.4, -0.2) is 87.5 Å². The number of guanidine groups is 1. The summed E-state index contributed by atoms with van der Waals surface area (Å²) in [4.78, 5) is 9.65. The Morgan fingerprint density at radius 1 is 1.35 bits per heavy atom. The van der Waals surface area contributed by atoms with Crippen molar-refractivity contribution in [2.45, 2.75) is 38.3 Å². The van der Waals surface area contributed by atoms with Crippen molar-refractivity contribution in [2.75, 3.05) is 59.6 Å². The number of aliphatic imine (C=N–C) groups is 1. The third-order valence-electron chi connectivity index (χ3n) is 5.16. The van der Waals surface area contributed by atoms with Crippen LogP contribution in [0.2, 0.25) is 0 Å². The van der Waals surface area contributed by atoms with E-state index in [2.05, 4.69) is 29.1 Å². The van der Waals surface area contributed by atoms with E-state index < -0.39 is 0 Å². The molecule has 3 heterocycles. The van der Waals surface area contributed by atoms with E-state index in [1.165, 1.54) is 19.4 Å². The fourth-order valence-electron chi connectivity index (χ4n) is 3.86. The van der Waals surface area contributed by atoms with Crippen LogP contribution in [0.4, 0.5) is 0 Å². The van der Waals surface area contributed by atoms with Crippen LogP contribution in [0, 0.1) is 5.92 Å². The number of nitrogens with zero attached hydrogens (tertiary/aromatic N) is 3. The van der Waals surface area contributed by atoms with Crippen LogP contribution in [0.3, 0.4) is 0 Å². The first-order chi connectivity index (χ1) is 11.3. The molecule has 23 heavy (non-hydrogen) atoms. The number of nitrogens with one attached hydrogen (secondary N) is 1. The molecule has 132 valence electrons. The second-order valence-corrected chi connectivity index (χ2v) is 7.05. The van der Waals surface area contributed by atoms with Gasteiger partial charge in [-0.15, -0.1) is 0 Å². The molecule has 1 N–H and O–H groups in total. The lowest BCUT2D eigenvalue weighted by Crippen LogP contribution is -2.48. The zero-order valence-electron chi connectivity index (χ0n) is 14.7. The van der Waals surface area contributed by atoms with Crippen molar-refractivity contribution in [1.29, 1.82) is 0 Å². The van der Waals surface area contributed by atoms with Crippen molar-refractivity contribution in [2.24, 2.45) is 10.9 Å². The molecule has 3 unspecified atom stereocenters. The summed E-state index contributed by atoms with van der Waals surface area (Å²) in [6, 6.07) is 0.661. The van der Waals surface area contributed by atoms with Gasteiger partial charge in [0.15, 0.2) is 5.96 Å². The maximum absolute atomic E-state index is 6.02. The topological polar surface area (TPSA) is 49.3 Å². The predicted molar refractivity (Wildman–Crippen MR) is 91.9 cm³/mol. The number of hydrogen-bond acceptors (Lipinski definition) is 4. The zero-order chi connectivity index (χ0) is 16.1. The highest BCUT2D eigenvalue weighted by atomic mass is 16.5. The van der Waals surface area contributed by atoms with Crippen LogP contribution in [0.15, 0.2) is 4.99 Å². The lowest BCUT2D eigenvalue weighted by atomic mass is 10.1. The average molecular weight is 324 g/mol. The number of hydrogen-bond donors (Lipinski definition) is 1. The fraction of sp³-hybridized carbons (Fsp3) is 0.941. The molecule has 3 fully saturated rings. The average Bonchev–Trinajstić information content (AvgIpc) is 3.21. The Hall–Kier alpha value is -0.850. The monoisotopic (exact) mass is 324 g/mol. The summed E-state index contributed by atoms with van der Waals surface area (Å²) >= 11 is 0. The van der Waals surface area contributed by atoms with Crippen LogP contribution in [-0.2, 0) is 9.47 Å². The molecular formula is C17H32N4O2. The van der Waals surface area contributed by atoms with E-state index in [1.54, 1.807) is 0 Å². The third-order valence-corrected chi connectivity index (χ3v) is 5.16. The minimum atomic E-state index is 0.237. The molecule has 3 aliphatic rings. The molecule has 3 rings (SSSR count). The predicted octanol–water partition coefficient (Wildman–Crippen LogP) is 0.783. The smallest absolute Gasteiger partial charge is 0.193 e. The van der Waals surface area contributed by atoms with E-state index in [0.717, 1.165) is 58.4 Å². The van der Waals surface area contributed by atoms with E-state index in [1.807, 2.05) is 0 Å². The maximum Gasteiger partial charge on any atom is 0.193 e.